The van der Waals surface area contributed by atoms with E-state index in [0.717, 1.165) is 37.4 Å². The van der Waals surface area contributed by atoms with Crippen molar-refractivity contribution in [2.24, 2.45) is 0 Å². The zero-order valence-corrected chi connectivity index (χ0v) is 21.6. The van der Waals surface area contributed by atoms with E-state index in [1.807, 2.05) is 54.6 Å². The van der Waals surface area contributed by atoms with Gasteiger partial charge < -0.3 is 9.47 Å². The second kappa shape index (κ2) is 10.6. The smallest absolute Gasteiger partial charge is 0.293 e. The van der Waals surface area contributed by atoms with Crippen LogP contribution in [0, 0.1) is 0 Å². The first-order valence-corrected chi connectivity index (χ1v) is 12.4. The predicted molar refractivity (Wildman–Crippen MR) is 137 cm³/mol. The predicted octanol–water partition coefficient (Wildman–Crippen LogP) is 7.04. The molecule has 4 rings (SSSR count). The standard InChI is InChI=1S/C25H19Br2NO4S/c1-31-21-11-8-17(12-22(21)32-15-16-6-9-19(26)10-7-16)13-23-24(29)28(25(30)33-23)14-18-4-2-3-5-20(18)27/h2-13H,14-15H2,1H3/b23-13-. The molecular weight excluding hydrogens is 570 g/mol. The van der Waals surface area contributed by atoms with Crippen LogP contribution in [0.2, 0.25) is 0 Å². The van der Waals surface area contributed by atoms with Gasteiger partial charge in [-0.15, -0.1) is 0 Å². The lowest BCUT2D eigenvalue weighted by Gasteiger charge is -2.13. The van der Waals surface area contributed by atoms with Gasteiger partial charge in [-0.25, -0.2) is 0 Å². The van der Waals surface area contributed by atoms with Crippen LogP contribution in [0.1, 0.15) is 16.7 Å². The molecule has 1 aliphatic heterocycles. The van der Waals surface area contributed by atoms with E-state index in [9.17, 15) is 9.59 Å². The zero-order valence-electron chi connectivity index (χ0n) is 17.6. The molecule has 1 saturated heterocycles. The van der Waals surface area contributed by atoms with Gasteiger partial charge in [-0.1, -0.05) is 68.3 Å². The van der Waals surface area contributed by atoms with Gasteiger partial charge in [-0.05, 0) is 64.9 Å². The lowest BCUT2D eigenvalue weighted by Crippen LogP contribution is -2.27. The molecule has 0 aliphatic carbocycles. The lowest BCUT2D eigenvalue weighted by atomic mass is 10.1. The number of carbonyl (C=O) groups is 2. The summed E-state index contributed by atoms with van der Waals surface area (Å²) in [5, 5.41) is -0.290. The van der Waals surface area contributed by atoms with Crippen molar-refractivity contribution >= 4 is 60.8 Å². The van der Waals surface area contributed by atoms with Crippen molar-refractivity contribution in [2.45, 2.75) is 13.2 Å². The summed E-state index contributed by atoms with van der Waals surface area (Å²) in [5.74, 6) is 0.835. The molecule has 0 spiro atoms. The van der Waals surface area contributed by atoms with Gasteiger partial charge in [-0.3, -0.25) is 14.5 Å². The van der Waals surface area contributed by atoms with Crippen molar-refractivity contribution in [3.63, 3.8) is 0 Å². The first kappa shape index (κ1) is 23.6. The lowest BCUT2D eigenvalue weighted by molar-refractivity contribution is -0.123. The molecule has 33 heavy (non-hydrogen) atoms. The SMILES string of the molecule is COc1ccc(/C=C2\SC(=O)N(Cc3ccccc3Br)C2=O)cc1OCc1ccc(Br)cc1. The second-order valence-corrected chi connectivity index (χ2v) is 9.95. The Kier molecular flexibility index (Phi) is 7.57. The summed E-state index contributed by atoms with van der Waals surface area (Å²) in [6.45, 7) is 0.586. The van der Waals surface area contributed by atoms with Gasteiger partial charge in [0.2, 0.25) is 0 Å². The van der Waals surface area contributed by atoms with Crippen LogP contribution < -0.4 is 9.47 Å². The number of hydrogen-bond acceptors (Lipinski definition) is 5. The maximum Gasteiger partial charge on any atom is 0.293 e. The Morgan fingerprint density at radius 3 is 2.45 bits per heavy atom. The number of imide groups is 1. The molecule has 0 unspecified atom stereocenters. The van der Waals surface area contributed by atoms with Gasteiger partial charge in [-0.2, -0.15) is 0 Å². The molecule has 0 atom stereocenters. The van der Waals surface area contributed by atoms with E-state index in [1.54, 1.807) is 25.3 Å². The topological polar surface area (TPSA) is 55.8 Å². The Morgan fingerprint density at radius 2 is 1.73 bits per heavy atom. The third kappa shape index (κ3) is 5.69. The number of methoxy groups -OCH3 is 1. The molecule has 0 bridgehead atoms. The van der Waals surface area contributed by atoms with Gasteiger partial charge in [0.25, 0.3) is 11.1 Å². The number of ether oxygens (including phenoxy) is 2. The highest BCUT2D eigenvalue weighted by molar-refractivity contribution is 9.10. The minimum Gasteiger partial charge on any atom is -0.493 e. The van der Waals surface area contributed by atoms with Crippen LogP contribution in [-0.4, -0.2) is 23.2 Å². The summed E-state index contributed by atoms with van der Waals surface area (Å²) in [6.07, 6.45) is 1.71. The number of rotatable bonds is 7. The van der Waals surface area contributed by atoms with E-state index < -0.39 is 0 Å². The number of benzene rings is 3. The fraction of sp³-hybridized carbons (Fsp3) is 0.120. The van der Waals surface area contributed by atoms with Gasteiger partial charge in [0.05, 0.1) is 18.6 Å². The third-order valence-electron chi connectivity index (χ3n) is 4.95. The number of nitrogens with zero attached hydrogens (tertiary/aromatic N) is 1. The van der Waals surface area contributed by atoms with E-state index in [-0.39, 0.29) is 17.7 Å². The summed E-state index contributed by atoms with van der Waals surface area (Å²) >= 11 is 7.83. The minimum atomic E-state index is -0.311. The molecule has 3 aromatic rings. The zero-order chi connectivity index (χ0) is 23.4. The van der Waals surface area contributed by atoms with Crippen LogP contribution in [0.5, 0.6) is 11.5 Å². The summed E-state index contributed by atoms with van der Waals surface area (Å²) in [7, 11) is 1.58. The summed E-state index contributed by atoms with van der Waals surface area (Å²) in [5.41, 5.74) is 2.63. The van der Waals surface area contributed by atoms with Crippen molar-refractivity contribution < 1.29 is 19.1 Å². The fourth-order valence-corrected chi connectivity index (χ4v) is 4.74. The average Bonchev–Trinajstić information content (AvgIpc) is 3.07. The molecule has 1 heterocycles. The highest BCUT2D eigenvalue weighted by Gasteiger charge is 2.35. The van der Waals surface area contributed by atoms with Gasteiger partial charge >= 0.3 is 0 Å². The molecule has 1 fully saturated rings. The van der Waals surface area contributed by atoms with Crippen LogP contribution >= 0.6 is 43.6 Å². The number of carbonyl (C=O) groups excluding carboxylic acids is 2. The highest BCUT2D eigenvalue weighted by Crippen LogP contribution is 2.36. The molecule has 0 radical (unpaired) electrons. The van der Waals surface area contributed by atoms with Gasteiger partial charge in [0.15, 0.2) is 11.5 Å². The van der Waals surface area contributed by atoms with Crippen LogP contribution in [0.25, 0.3) is 6.08 Å². The Labute approximate surface area is 213 Å². The van der Waals surface area contributed by atoms with Crippen LogP contribution in [-0.2, 0) is 17.9 Å². The van der Waals surface area contributed by atoms with Crippen molar-refractivity contribution in [3.05, 3.63) is 97.3 Å². The second-order valence-electron chi connectivity index (χ2n) is 7.18. The van der Waals surface area contributed by atoms with Crippen LogP contribution in [0.3, 0.4) is 0 Å². The molecule has 1 aliphatic rings. The van der Waals surface area contributed by atoms with Gasteiger partial charge in [0.1, 0.15) is 6.61 Å². The average molecular weight is 589 g/mol. The summed E-state index contributed by atoms with van der Waals surface area (Å²) in [4.78, 5) is 27.1. The molecule has 168 valence electrons. The van der Waals surface area contributed by atoms with Crippen molar-refractivity contribution in [1.82, 2.24) is 4.90 Å². The maximum atomic E-state index is 12.9. The van der Waals surface area contributed by atoms with E-state index in [0.29, 0.717) is 23.0 Å². The number of thioether (sulfide) groups is 1. The first-order valence-electron chi connectivity index (χ1n) is 9.98. The Balaban J connectivity index is 1.52. The van der Waals surface area contributed by atoms with Gasteiger partial charge in [0, 0.05) is 8.95 Å². The molecule has 8 heteroatoms. The molecule has 0 N–H and O–H groups in total. The molecule has 3 aromatic carbocycles. The molecule has 2 amide bonds. The van der Waals surface area contributed by atoms with E-state index in [1.165, 1.54) is 4.90 Å². The molecule has 0 saturated carbocycles. The normalized spacial score (nSPS) is 14.8. The molecular formula is C25H19Br2NO4S. The minimum absolute atomic E-state index is 0.216. The van der Waals surface area contributed by atoms with E-state index in [2.05, 4.69) is 31.9 Å². The number of halogens is 2. The first-order chi connectivity index (χ1) is 15.9. The Bertz CT molecular complexity index is 1230. The number of amides is 2. The largest absolute Gasteiger partial charge is 0.493 e. The Hall–Kier alpha value is -2.55. The molecule has 5 nitrogen and oxygen atoms in total. The van der Waals surface area contributed by atoms with Crippen molar-refractivity contribution in [1.29, 1.82) is 0 Å². The Morgan fingerprint density at radius 1 is 0.970 bits per heavy atom. The quantitative estimate of drug-likeness (QED) is 0.277. The van der Waals surface area contributed by atoms with Crippen molar-refractivity contribution in [2.75, 3.05) is 7.11 Å². The maximum absolute atomic E-state index is 12.9. The monoisotopic (exact) mass is 587 g/mol. The van der Waals surface area contributed by atoms with Crippen molar-refractivity contribution in [3.8, 4) is 11.5 Å². The summed E-state index contributed by atoms with van der Waals surface area (Å²) < 4.78 is 13.3. The van der Waals surface area contributed by atoms with E-state index in [4.69, 9.17) is 9.47 Å². The summed E-state index contributed by atoms with van der Waals surface area (Å²) in [6, 6.07) is 20.8. The van der Waals surface area contributed by atoms with Crippen LogP contribution in [0.15, 0.2) is 80.6 Å². The van der Waals surface area contributed by atoms with Crippen LogP contribution in [0.4, 0.5) is 4.79 Å². The third-order valence-corrected chi connectivity index (χ3v) is 7.16. The van der Waals surface area contributed by atoms with E-state index >= 15 is 0 Å². The molecule has 0 aromatic heterocycles. The fourth-order valence-electron chi connectivity index (χ4n) is 3.22. The number of hydrogen-bond donors (Lipinski definition) is 0. The highest BCUT2D eigenvalue weighted by atomic mass is 79.9.